The van der Waals surface area contributed by atoms with Crippen LogP contribution in [0.4, 0.5) is 0 Å². The molecule has 3 aliphatic rings. The molecule has 2 spiro atoms. The van der Waals surface area contributed by atoms with Gasteiger partial charge in [0.25, 0.3) is 0 Å². The number of ether oxygens (including phenoxy) is 2. The maximum absolute atomic E-state index is 7.63. The molecule has 1 atom stereocenters. The summed E-state index contributed by atoms with van der Waals surface area (Å²) in [6.07, 6.45) is 0. The highest BCUT2D eigenvalue weighted by Gasteiger charge is 2.74. The molecule has 0 saturated carbocycles. The second kappa shape index (κ2) is 14.8. The molecule has 1 N–H and O–H groups in total. The molecule has 0 aromatic heterocycles. The van der Waals surface area contributed by atoms with E-state index in [1.54, 1.807) is 14.2 Å². The Morgan fingerprint density at radius 2 is 0.645 bits per heavy atom. The van der Waals surface area contributed by atoms with Crippen molar-refractivity contribution in [3.05, 3.63) is 128 Å². The van der Waals surface area contributed by atoms with E-state index < -0.39 is 21.6 Å². The second-order valence-electron chi connectivity index (χ2n) is 18.1. The van der Waals surface area contributed by atoms with Gasteiger partial charge >= 0.3 is 16.2 Å². The van der Waals surface area contributed by atoms with E-state index in [9.17, 15) is 0 Å². The number of benzene rings is 6. The molecule has 9 rings (SSSR count). The molecule has 0 saturated heterocycles. The molecule has 6 aromatic carbocycles. The first kappa shape index (κ1) is 41.9. The lowest BCUT2D eigenvalue weighted by molar-refractivity contribution is 0.319. The predicted molar refractivity (Wildman–Crippen MR) is 251 cm³/mol. The number of methoxy groups -OCH3 is 2. The molecule has 62 heavy (non-hydrogen) atoms. The van der Waals surface area contributed by atoms with E-state index in [1.807, 2.05) is 31.2 Å². The maximum atomic E-state index is 7.63. The van der Waals surface area contributed by atoms with Crippen LogP contribution in [0.2, 0.25) is 0 Å². The molecule has 0 amide bonds. The summed E-state index contributed by atoms with van der Waals surface area (Å²) < 4.78 is 57.2. The quantitative estimate of drug-likeness (QED) is 0.171. The fourth-order valence-corrected chi connectivity index (χ4v) is 14.2. The number of hydrogen-bond donors (Lipinski definition) is 1. The van der Waals surface area contributed by atoms with Gasteiger partial charge in [0.1, 0.15) is 16.4 Å². The maximum Gasteiger partial charge on any atom is 0.682 e. The number of fused-ring (bicyclic) bond motifs is 9. The van der Waals surface area contributed by atoms with E-state index >= 15 is 0 Å². The summed E-state index contributed by atoms with van der Waals surface area (Å²) in [5.41, 5.74) is 14.2. The summed E-state index contributed by atoms with van der Waals surface area (Å²) in [6.45, 7) is 25.1. The van der Waals surface area contributed by atoms with Crippen LogP contribution in [0.5, 0.6) is 46.0 Å². The van der Waals surface area contributed by atoms with Crippen LogP contribution in [-0.2, 0) is 5.41 Å². The van der Waals surface area contributed by atoms with Crippen LogP contribution in [0, 0.1) is 62.3 Å². The minimum atomic E-state index is -4.08. The van der Waals surface area contributed by atoms with Crippen LogP contribution in [-0.4, -0.2) is 14.2 Å². The minimum absolute atomic E-state index is 0.434. The van der Waals surface area contributed by atoms with E-state index in [4.69, 9.17) is 36.6 Å². The lowest BCUT2D eigenvalue weighted by Crippen LogP contribution is -2.35. The molecular weight excluding hydrogens is 817 g/mol. The van der Waals surface area contributed by atoms with Crippen molar-refractivity contribution < 1.29 is 36.6 Å². The predicted octanol–water partition coefficient (Wildman–Crippen LogP) is 14.4. The van der Waals surface area contributed by atoms with Gasteiger partial charge in [-0.1, -0.05) is 45.0 Å². The van der Waals surface area contributed by atoms with Crippen LogP contribution >= 0.6 is 16.2 Å². The Labute approximate surface area is 366 Å². The number of nitrogens with one attached hydrogen (secondary N) is 1. The van der Waals surface area contributed by atoms with E-state index in [-0.39, 0.29) is 0 Å². The van der Waals surface area contributed by atoms with Gasteiger partial charge in [-0.2, -0.15) is 0 Å². The minimum Gasteiger partial charge on any atom is -0.497 e. The summed E-state index contributed by atoms with van der Waals surface area (Å²) in [7, 11) is -4.74. The van der Waals surface area contributed by atoms with Gasteiger partial charge in [-0.15, -0.1) is 0 Å². The molecule has 320 valence electrons. The number of aryl methyl sites for hydroxylation is 9. The molecule has 0 aliphatic carbocycles. The summed E-state index contributed by atoms with van der Waals surface area (Å²) >= 11 is 0. The Morgan fingerprint density at radius 1 is 0.371 bits per heavy atom. The van der Waals surface area contributed by atoms with Crippen molar-refractivity contribution in [2.45, 2.75) is 88.5 Å². The van der Waals surface area contributed by atoms with Crippen LogP contribution in [0.15, 0.2) is 72.8 Å². The Morgan fingerprint density at radius 3 is 0.968 bits per heavy atom. The lowest BCUT2D eigenvalue weighted by atomic mass is 9.84. The van der Waals surface area contributed by atoms with Crippen molar-refractivity contribution in [3.63, 3.8) is 0 Å². The molecule has 3 heterocycles. The van der Waals surface area contributed by atoms with Gasteiger partial charge in [-0.3, -0.25) is 27.1 Å². The zero-order valence-corrected chi connectivity index (χ0v) is 39.9. The summed E-state index contributed by atoms with van der Waals surface area (Å²) in [6, 6.07) is 25.0. The number of hydrogen-bond acceptors (Lipinski definition) is 9. The monoisotopic (exact) mass is 871 g/mol. The zero-order chi connectivity index (χ0) is 44.2. The Balaban J connectivity index is 1.43. The van der Waals surface area contributed by atoms with Gasteiger partial charge in [-0.05, 0) is 161 Å². The Hall–Kier alpha value is -5.46. The van der Waals surface area contributed by atoms with Gasteiger partial charge < -0.3 is 9.47 Å². The van der Waals surface area contributed by atoms with Crippen molar-refractivity contribution in [1.29, 1.82) is 0 Å². The van der Waals surface area contributed by atoms with Crippen molar-refractivity contribution in [3.8, 4) is 79.4 Å². The zero-order valence-electron chi connectivity index (χ0n) is 38.1. The first-order valence-electron chi connectivity index (χ1n) is 20.9. The molecule has 3 aliphatic heterocycles. The molecule has 6 aromatic rings. The van der Waals surface area contributed by atoms with Gasteiger partial charge in [0.2, 0.25) is 0 Å². The van der Waals surface area contributed by atoms with Gasteiger partial charge in [0.05, 0.1) is 14.2 Å². The average Bonchev–Trinajstić information content (AvgIpc) is 3.38. The fourth-order valence-electron chi connectivity index (χ4n) is 8.96. The van der Waals surface area contributed by atoms with Crippen molar-refractivity contribution in [2.24, 2.45) is 0 Å². The largest absolute Gasteiger partial charge is 0.682 e. The van der Waals surface area contributed by atoms with E-state index in [0.29, 0.717) is 46.0 Å². The van der Waals surface area contributed by atoms with Crippen molar-refractivity contribution in [2.75, 3.05) is 14.2 Å². The van der Waals surface area contributed by atoms with Crippen molar-refractivity contribution in [1.82, 2.24) is 4.86 Å². The summed E-state index contributed by atoms with van der Waals surface area (Å²) in [5, 5.41) is 0. The Kier molecular flexibility index (Phi) is 10.0. The molecule has 0 bridgehead atoms. The Bertz CT molecular complexity index is 2800. The fraction of sp³-hybridized carbons (Fsp3) is 0.294. The van der Waals surface area contributed by atoms with Gasteiger partial charge in [0, 0.05) is 44.5 Å². The highest BCUT2D eigenvalue weighted by molar-refractivity contribution is 7.76. The second-order valence-corrected chi connectivity index (χ2v) is 22.0. The van der Waals surface area contributed by atoms with Crippen molar-refractivity contribution >= 4 is 16.2 Å². The van der Waals surface area contributed by atoms with Crippen LogP contribution in [0.3, 0.4) is 0 Å². The third kappa shape index (κ3) is 7.09. The first-order valence-corrected chi connectivity index (χ1v) is 24.0. The smallest absolute Gasteiger partial charge is 0.497 e. The topological polar surface area (TPSA) is 85.9 Å². The van der Waals surface area contributed by atoms with E-state index in [0.717, 1.165) is 89.0 Å². The SMILES string of the molecule is COc1cc(C)c2c(c1)-c1cc(OC)cc(C(C)(C)C)c1O[P+]1(N[P+]3(Oc4c(C)cc(C)cc4-c4cc(C)cc(C)c4O3)Oc3c(C)cc(C)cc3-c3cc(C)cc(C)c3O1)O2. The number of rotatable bonds is 2. The van der Waals surface area contributed by atoms with Crippen LogP contribution < -0.4 is 41.5 Å². The molecule has 11 heteroatoms. The average molecular weight is 872 g/mol. The molecule has 0 fully saturated rings. The molecule has 9 nitrogen and oxygen atoms in total. The van der Waals surface area contributed by atoms with Gasteiger partial charge in [-0.25, -0.2) is 0 Å². The van der Waals surface area contributed by atoms with Gasteiger partial charge in [0.15, 0.2) is 34.5 Å². The van der Waals surface area contributed by atoms with E-state index in [2.05, 4.69) is 130 Å². The third-order valence-corrected chi connectivity index (χ3v) is 16.1. The molecular formula is C51H55NO8P2+2. The van der Waals surface area contributed by atoms with E-state index in [1.165, 1.54) is 0 Å². The molecule has 0 radical (unpaired) electrons. The molecule has 1 unspecified atom stereocenters. The summed E-state index contributed by atoms with van der Waals surface area (Å²) in [4.78, 5) is 3.81. The lowest BCUT2D eigenvalue weighted by Gasteiger charge is -2.27. The standard InChI is InChI=1S/C51H55NO8P2/c1-27-15-31(5)45-38(19-27)39-20-28(2)16-32(6)46(39)56-61(55-45)52-62(58-48-34(8)18-30(4)22-41(48)40-21-29(3)17-33(7)47(40)57-61)59-49-35(9)23-36(53-13)24-42(49)43-25-37(54-14)26-44(50(43)60-62)51(10,11)12/h15-26,52H,1-14H3/q+2. The highest BCUT2D eigenvalue weighted by atomic mass is 31.3. The van der Waals surface area contributed by atoms with Crippen LogP contribution in [0.25, 0.3) is 33.4 Å². The third-order valence-electron chi connectivity index (χ3n) is 11.7. The summed E-state index contributed by atoms with van der Waals surface area (Å²) in [5.74, 6) is 4.89. The first-order chi connectivity index (χ1) is 29.3. The highest BCUT2D eigenvalue weighted by Crippen LogP contribution is 2.76. The normalized spacial score (nSPS) is 16.8. The van der Waals surface area contributed by atoms with Crippen LogP contribution in [0.1, 0.15) is 76.4 Å².